The van der Waals surface area contributed by atoms with E-state index >= 15 is 0 Å². The van der Waals surface area contributed by atoms with Gasteiger partial charge in [0, 0.05) is 17.9 Å². The molecule has 1 fully saturated rings. The Labute approximate surface area is 133 Å². The van der Waals surface area contributed by atoms with E-state index in [0.717, 1.165) is 18.4 Å². The van der Waals surface area contributed by atoms with Crippen LogP contribution in [0.25, 0.3) is 0 Å². The molecule has 0 saturated heterocycles. The predicted octanol–water partition coefficient (Wildman–Crippen LogP) is 4.26. The molecule has 1 unspecified atom stereocenters. The average Bonchev–Trinajstić information content (AvgIpc) is 2.50. The molecule has 0 heterocycles. The fourth-order valence-electron chi connectivity index (χ4n) is 3.43. The molecule has 0 amide bonds. The van der Waals surface area contributed by atoms with E-state index in [0.29, 0.717) is 18.8 Å². The van der Waals surface area contributed by atoms with Crippen LogP contribution in [0.2, 0.25) is 0 Å². The lowest BCUT2D eigenvalue weighted by molar-refractivity contribution is -0.127. The van der Waals surface area contributed by atoms with Gasteiger partial charge < -0.3 is 5.73 Å². The summed E-state index contributed by atoms with van der Waals surface area (Å²) in [6.07, 6.45) is 7.19. The third kappa shape index (κ3) is 4.64. The van der Waals surface area contributed by atoms with Crippen molar-refractivity contribution < 1.29 is 9.18 Å². The van der Waals surface area contributed by atoms with Crippen LogP contribution in [0.3, 0.4) is 0 Å². The second-order valence-corrected chi connectivity index (χ2v) is 7.38. The number of hydrogen-bond donors (Lipinski definition) is 1. The third-order valence-corrected chi connectivity index (χ3v) is 4.99. The van der Waals surface area contributed by atoms with E-state index in [1.54, 1.807) is 12.1 Å². The van der Waals surface area contributed by atoms with Gasteiger partial charge in [-0.1, -0.05) is 45.2 Å². The van der Waals surface area contributed by atoms with Gasteiger partial charge in [-0.05, 0) is 42.9 Å². The second-order valence-electron chi connectivity index (χ2n) is 7.38. The molecule has 3 heteroatoms. The summed E-state index contributed by atoms with van der Waals surface area (Å²) in [7, 11) is 0. The Hall–Kier alpha value is -1.22. The number of carbonyl (C=O) groups excluding carboxylic acids is 1. The van der Waals surface area contributed by atoms with Crippen molar-refractivity contribution in [2.75, 3.05) is 0 Å². The van der Waals surface area contributed by atoms with Crippen LogP contribution in [0, 0.1) is 17.2 Å². The van der Waals surface area contributed by atoms with E-state index in [2.05, 4.69) is 0 Å². The molecular formula is C19H28FNO. The fourth-order valence-corrected chi connectivity index (χ4v) is 3.43. The lowest BCUT2D eigenvalue weighted by Crippen LogP contribution is -2.38. The zero-order valence-electron chi connectivity index (χ0n) is 13.8. The van der Waals surface area contributed by atoms with E-state index in [4.69, 9.17) is 5.73 Å². The van der Waals surface area contributed by atoms with Crippen molar-refractivity contribution in [3.63, 3.8) is 0 Å². The lowest BCUT2D eigenvalue weighted by Gasteiger charge is -2.30. The first-order chi connectivity index (χ1) is 10.4. The monoisotopic (exact) mass is 305 g/mol. The molecular weight excluding hydrogens is 277 g/mol. The summed E-state index contributed by atoms with van der Waals surface area (Å²) in [4.78, 5) is 12.6. The van der Waals surface area contributed by atoms with Crippen molar-refractivity contribution in [3.05, 3.63) is 35.6 Å². The maximum Gasteiger partial charge on any atom is 0.140 e. The van der Waals surface area contributed by atoms with Gasteiger partial charge >= 0.3 is 0 Å². The highest BCUT2D eigenvalue weighted by molar-refractivity contribution is 5.84. The number of halogens is 1. The molecule has 2 nitrogen and oxygen atoms in total. The van der Waals surface area contributed by atoms with Crippen LogP contribution in [-0.2, 0) is 11.2 Å². The van der Waals surface area contributed by atoms with Gasteiger partial charge in [-0.3, -0.25) is 4.79 Å². The molecule has 0 spiro atoms. The smallest absolute Gasteiger partial charge is 0.140 e. The zero-order valence-corrected chi connectivity index (χ0v) is 13.8. The number of ketones is 1. The normalized spacial score (nSPS) is 18.2. The number of rotatable bonds is 6. The highest BCUT2D eigenvalue weighted by atomic mass is 19.1. The largest absolute Gasteiger partial charge is 0.327 e. The van der Waals surface area contributed by atoms with Crippen LogP contribution in [-0.4, -0.2) is 11.8 Å². The fraction of sp³-hybridized carbons (Fsp3) is 0.632. The van der Waals surface area contributed by atoms with Gasteiger partial charge in [0.05, 0.1) is 0 Å². The Kier molecular flexibility index (Phi) is 5.74. The quantitative estimate of drug-likeness (QED) is 0.853. The zero-order chi connectivity index (χ0) is 16.2. The standard InChI is InChI=1S/C19H28FNO/c1-19(2,13-14-8-10-16(20)11-9-14)18(22)12-17(21)15-6-4-3-5-7-15/h8-11,15,17H,3-7,12-13,21H2,1-2H3. The van der Waals surface area contributed by atoms with E-state index in [-0.39, 0.29) is 17.6 Å². The minimum Gasteiger partial charge on any atom is -0.327 e. The van der Waals surface area contributed by atoms with Crippen molar-refractivity contribution in [1.82, 2.24) is 0 Å². The van der Waals surface area contributed by atoms with Gasteiger partial charge in [0.15, 0.2) is 0 Å². The topological polar surface area (TPSA) is 43.1 Å². The Balaban J connectivity index is 1.92. The van der Waals surface area contributed by atoms with E-state index < -0.39 is 5.41 Å². The molecule has 22 heavy (non-hydrogen) atoms. The molecule has 0 bridgehead atoms. The van der Waals surface area contributed by atoms with Gasteiger partial charge in [-0.15, -0.1) is 0 Å². The van der Waals surface area contributed by atoms with E-state index in [1.807, 2.05) is 13.8 Å². The van der Waals surface area contributed by atoms with E-state index in [9.17, 15) is 9.18 Å². The van der Waals surface area contributed by atoms with Crippen LogP contribution >= 0.6 is 0 Å². The number of benzene rings is 1. The Bertz CT molecular complexity index is 489. The molecule has 0 aliphatic heterocycles. The summed E-state index contributed by atoms with van der Waals surface area (Å²) in [5, 5.41) is 0. The van der Waals surface area contributed by atoms with Gasteiger partial charge in [-0.25, -0.2) is 4.39 Å². The van der Waals surface area contributed by atoms with Gasteiger partial charge in [0.2, 0.25) is 0 Å². The molecule has 0 aromatic heterocycles. The molecule has 1 aliphatic rings. The minimum atomic E-state index is -0.454. The van der Waals surface area contributed by atoms with Gasteiger partial charge in [-0.2, -0.15) is 0 Å². The van der Waals surface area contributed by atoms with E-state index in [1.165, 1.54) is 31.4 Å². The van der Waals surface area contributed by atoms with Crippen LogP contribution in [0.15, 0.2) is 24.3 Å². The summed E-state index contributed by atoms with van der Waals surface area (Å²) in [5.41, 5.74) is 6.83. The molecule has 2 N–H and O–H groups in total. The first-order valence-corrected chi connectivity index (χ1v) is 8.42. The first-order valence-electron chi connectivity index (χ1n) is 8.42. The summed E-state index contributed by atoms with van der Waals surface area (Å²) in [6, 6.07) is 6.39. The average molecular weight is 305 g/mol. The number of carbonyl (C=O) groups is 1. The number of nitrogens with two attached hydrogens (primary N) is 1. The van der Waals surface area contributed by atoms with Crippen molar-refractivity contribution in [2.24, 2.45) is 17.1 Å². The van der Waals surface area contributed by atoms with Gasteiger partial charge in [0.1, 0.15) is 11.6 Å². The number of Topliss-reactive ketones (excluding diaryl/α,β-unsaturated/α-hetero) is 1. The minimum absolute atomic E-state index is 0.0136. The highest BCUT2D eigenvalue weighted by Gasteiger charge is 2.31. The summed E-state index contributed by atoms with van der Waals surface area (Å²) >= 11 is 0. The van der Waals surface area contributed by atoms with Crippen molar-refractivity contribution >= 4 is 5.78 Å². The molecule has 1 atom stereocenters. The third-order valence-electron chi connectivity index (χ3n) is 4.99. The van der Waals surface area contributed by atoms with Crippen LogP contribution in [0.4, 0.5) is 4.39 Å². The van der Waals surface area contributed by atoms with Crippen LogP contribution < -0.4 is 5.73 Å². The van der Waals surface area contributed by atoms with Crippen molar-refractivity contribution in [1.29, 1.82) is 0 Å². The molecule has 0 radical (unpaired) electrons. The first kappa shape index (κ1) is 17.1. The van der Waals surface area contributed by atoms with Crippen LogP contribution in [0.1, 0.15) is 57.9 Å². The Morgan fingerprint density at radius 3 is 2.41 bits per heavy atom. The summed E-state index contributed by atoms with van der Waals surface area (Å²) < 4.78 is 13.0. The molecule has 1 aromatic rings. The summed E-state index contributed by atoms with van der Waals surface area (Å²) in [6.45, 7) is 3.93. The molecule has 1 aromatic carbocycles. The Morgan fingerprint density at radius 1 is 1.23 bits per heavy atom. The summed E-state index contributed by atoms with van der Waals surface area (Å²) in [5.74, 6) is 0.474. The lowest BCUT2D eigenvalue weighted by atomic mass is 9.76. The second kappa shape index (κ2) is 7.36. The van der Waals surface area contributed by atoms with Crippen molar-refractivity contribution in [2.45, 2.75) is 64.8 Å². The molecule has 1 saturated carbocycles. The Morgan fingerprint density at radius 2 is 1.82 bits per heavy atom. The predicted molar refractivity (Wildman–Crippen MR) is 88.1 cm³/mol. The van der Waals surface area contributed by atoms with Gasteiger partial charge in [0.25, 0.3) is 0 Å². The molecule has 2 rings (SSSR count). The number of hydrogen-bond acceptors (Lipinski definition) is 2. The van der Waals surface area contributed by atoms with Crippen LogP contribution in [0.5, 0.6) is 0 Å². The SMILES string of the molecule is CC(C)(Cc1ccc(F)cc1)C(=O)CC(N)C1CCCCC1. The maximum atomic E-state index is 13.0. The highest BCUT2D eigenvalue weighted by Crippen LogP contribution is 2.30. The molecule has 122 valence electrons. The van der Waals surface area contributed by atoms with Crippen molar-refractivity contribution in [3.8, 4) is 0 Å². The molecule has 1 aliphatic carbocycles. The maximum absolute atomic E-state index is 13.0.